The van der Waals surface area contributed by atoms with Crippen LogP contribution in [0.4, 0.5) is 0 Å². The van der Waals surface area contributed by atoms with Crippen molar-refractivity contribution < 1.29 is 8.76 Å². The van der Waals surface area contributed by atoms with Gasteiger partial charge >= 0.3 is 0 Å². The molecule has 0 radical (unpaired) electrons. The number of thiophene rings is 1. The summed E-state index contributed by atoms with van der Waals surface area (Å²) in [5, 5.41) is 3.12. The van der Waals surface area contributed by atoms with Gasteiger partial charge in [-0.1, -0.05) is 12.1 Å². The Hall–Kier alpha value is -0.710. The van der Waals surface area contributed by atoms with Gasteiger partial charge in [-0.15, -0.1) is 11.3 Å². The van der Waals surface area contributed by atoms with Gasteiger partial charge in [0.15, 0.2) is 11.1 Å². The number of hydrogen-bond donors (Lipinski definition) is 1. The van der Waals surface area contributed by atoms with Gasteiger partial charge in [-0.3, -0.25) is 0 Å². The van der Waals surface area contributed by atoms with Crippen molar-refractivity contribution in [3.63, 3.8) is 0 Å². The lowest BCUT2D eigenvalue weighted by molar-refractivity contribution is 0.563. The van der Waals surface area contributed by atoms with Crippen LogP contribution in [0.2, 0.25) is 0 Å². The van der Waals surface area contributed by atoms with Crippen LogP contribution in [-0.4, -0.2) is 8.76 Å². The standard InChI is InChI=1S/C10H10O2S2/c1-7-2-3-8(6-14(11)12)9-4-5-13-10(7)9/h2-5H,6H2,1H3,(H,11,12). The third-order valence-corrected chi connectivity index (χ3v) is 3.79. The summed E-state index contributed by atoms with van der Waals surface area (Å²) in [6.07, 6.45) is 0. The van der Waals surface area contributed by atoms with Gasteiger partial charge < -0.3 is 4.55 Å². The number of rotatable bonds is 2. The molecule has 1 heterocycles. The van der Waals surface area contributed by atoms with Crippen LogP contribution in [0.25, 0.3) is 10.1 Å². The van der Waals surface area contributed by atoms with Crippen molar-refractivity contribution in [2.45, 2.75) is 12.7 Å². The Balaban J connectivity index is 2.60. The Bertz CT molecular complexity index is 488. The number of hydrogen-bond acceptors (Lipinski definition) is 2. The van der Waals surface area contributed by atoms with Gasteiger partial charge in [-0.2, -0.15) is 0 Å². The molecule has 1 atom stereocenters. The van der Waals surface area contributed by atoms with E-state index in [-0.39, 0.29) is 5.75 Å². The summed E-state index contributed by atoms with van der Waals surface area (Å²) in [7, 11) is 0. The summed E-state index contributed by atoms with van der Waals surface area (Å²) in [6.45, 7) is 2.05. The summed E-state index contributed by atoms with van der Waals surface area (Å²) in [5.74, 6) is 0.216. The van der Waals surface area contributed by atoms with Crippen LogP contribution in [0.3, 0.4) is 0 Å². The predicted octanol–water partition coefficient (Wildman–Crippen LogP) is 2.93. The van der Waals surface area contributed by atoms with Gasteiger partial charge in [0, 0.05) is 4.70 Å². The fourth-order valence-electron chi connectivity index (χ4n) is 1.52. The second kappa shape index (κ2) is 3.81. The fraction of sp³-hybridized carbons (Fsp3) is 0.200. The number of benzene rings is 1. The van der Waals surface area contributed by atoms with Crippen LogP contribution < -0.4 is 0 Å². The van der Waals surface area contributed by atoms with E-state index in [0.29, 0.717) is 0 Å². The van der Waals surface area contributed by atoms with E-state index in [0.717, 1.165) is 10.9 Å². The van der Waals surface area contributed by atoms with Gasteiger partial charge in [-0.25, -0.2) is 4.21 Å². The molecule has 14 heavy (non-hydrogen) atoms. The number of fused-ring (bicyclic) bond motifs is 1. The highest BCUT2D eigenvalue weighted by Gasteiger charge is 2.06. The van der Waals surface area contributed by atoms with Gasteiger partial charge in [0.05, 0.1) is 5.75 Å². The first-order valence-corrected chi connectivity index (χ1v) is 6.37. The lowest BCUT2D eigenvalue weighted by Gasteiger charge is -2.02. The molecule has 1 N–H and O–H groups in total. The lowest BCUT2D eigenvalue weighted by Crippen LogP contribution is -1.93. The molecule has 2 nitrogen and oxygen atoms in total. The van der Waals surface area contributed by atoms with Crippen molar-refractivity contribution in [1.29, 1.82) is 0 Å². The van der Waals surface area contributed by atoms with Crippen LogP contribution in [0.5, 0.6) is 0 Å². The Morgan fingerprint density at radius 2 is 2.21 bits per heavy atom. The van der Waals surface area contributed by atoms with Crippen molar-refractivity contribution in [2.75, 3.05) is 0 Å². The second-order valence-electron chi connectivity index (χ2n) is 3.17. The third kappa shape index (κ3) is 1.73. The average Bonchev–Trinajstić information content (AvgIpc) is 2.58. The maximum atomic E-state index is 10.7. The molecule has 1 unspecified atom stereocenters. The maximum absolute atomic E-state index is 10.7. The van der Waals surface area contributed by atoms with Gasteiger partial charge in [0.1, 0.15) is 0 Å². The first-order valence-electron chi connectivity index (χ1n) is 4.21. The summed E-state index contributed by atoms with van der Waals surface area (Å²) >= 11 is -0.0841. The van der Waals surface area contributed by atoms with E-state index in [1.165, 1.54) is 10.3 Å². The van der Waals surface area contributed by atoms with Gasteiger partial charge in [0.25, 0.3) is 0 Å². The Morgan fingerprint density at radius 3 is 2.93 bits per heavy atom. The minimum Gasteiger partial charge on any atom is -0.306 e. The highest BCUT2D eigenvalue weighted by Crippen LogP contribution is 2.28. The molecule has 1 aromatic heterocycles. The SMILES string of the molecule is Cc1ccc(CS(=O)O)c2ccsc12. The largest absolute Gasteiger partial charge is 0.306 e. The topological polar surface area (TPSA) is 37.3 Å². The molecule has 2 rings (SSSR count). The first kappa shape index (κ1) is 9.83. The van der Waals surface area contributed by atoms with Crippen molar-refractivity contribution in [3.8, 4) is 0 Å². The summed E-state index contributed by atoms with van der Waals surface area (Å²) in [5.41, 5.74) is 2.18. The second-order valence-corrected chi connectivity index (χ2v) is 5.02. The van der Waals surface area contributed by atoms with Crippen LogP contribution in [0.15, 0.2) is 23.6 Å². The molecule has 0 bridgehead atoms. The van der Waals surface area contributed by atoms with Crippen molar-refractivity contribution in [2.24, 2.45) is 0 Å². The van der Waals surface area contributed by atoms with Crippen LogP contribution in [0, 0.1) is 6.92 Å². The lowest BCUT2D eigenvalue weighted by atomic mass is 10.1. The minimum absolute atomic E-state index is 0.216. The molecule has 74 valence electrons. The third-order valence-electron chi connectivity index (χ3n) is 2.18. The van der Waals surface area contributed by atoms with Gasteiger partial charge in [-0.05, 0) is 34.9 Å². The van der Waals surface area contributed by atoms with E-state index < -0.39 is 11.1 Å². The zero-order valence-electron chi connectivity index (χ0n) is 7.69. The highest BCUT2D eigenvalue weighted by atomic mass is 32.2. The smallest absolute Gasteiger partial charge is 0.157 e. The molecule has 0 aliphatic rings. The van der Waals surface area contributed by atoms with E-state index in [1.54, 1.807) is 11.3 Å². The predicted molar refractivity (Wildman–Crippen MR) is 61.0 cm³/mol. The van der Waals surface area contributed by atoms with E-state index in [9.17, 15) is 4.21 Å². The Morgan fingerprint density at radius 1 is 1.43 bits per heavy atom. The molecule has 0 fully saturated rings. The number of aryl methyl sites for hydroxylation is 1. The van der Waals surface area contributed by atoms with E-state index in [4.69, 9.17) is 4.55 Å². The average molecular weight is 226 g/mol. The molecule has 1 aromatic carbocycles. The van der Waals surface area contributed by atoms with Crippen LogP contribution in [-0.2, 0) is 16.8 Å². The minimum atomic E-state index is -1.76. The Kier molecular flexibility index (Phi) is 2.67. The van der Waals surface area contributed by atoms with E-state index in [2.05, 4.69) is 6.92 Å². The van der Waals surface area contributed by atoms with E-state index in [1.807, 2.05) is 23.6 Å². The van der Waals surface area contributed by atoms with Crippen molar-refractivity contribution >= 4 is 32.5 Å². The fourth-order valence-corrected chi connectivity index (χ4v) is 2.96. The van der Waals surface area contributed by atoms with Crippen LogP contribution >= 0.6 is 11.3 Å². The molecule has 0 saturated heterocycles. The molecule has 0 amide bonds. The summed E-state index contributed by atoms with van der Waals surface area (Å²) < 4.78 is 20.8. The Labute approximate surface area is 88.9 Å². The normalized spacial score (nSPS) is 13.3. The van der Waals surface area contributed by atoms with Crippen LogP contribution in [0.1, 0.15) is 11.1 Å². The van der Waals surface area contributed by atoms with Crippen molar-refractivity contribution in [3.05, 3.63) is 34.7 Å². The first-order chi connectivity index (χ1) is 6.68. The molecule has 2 aromatic rings. The maximum Gasteiger partial charge on any atom is 0.157 e. The molecular weight excluding hydrogens is 216 g/mol. The zero-order chi connectivity index (χ0) is 10.1. The van der Waals surface area contributed by atoms with Crippen molar-refractivity contribution in [1.82, 2.24) is 0 Å². The molecule has 0 saturated carbocycles. The summed E-state index contributed by atoms with van der Waals surface area (Å²) in [6, 6.07) is 5.94. The zero-order valence-corrected chi connectivity index (χ0v) is 9.32. The quantitative estimate of drug-likeness (QED) is 0.799. The molecule has 4 heteroatoms. The summed E-state index contributed by atoms with van der Waals surface area (Å²) in [4.78, 5) is 0. The highest BCUT2D eigenvalue weighted by molar-refractivity contribution is 7.78. The molecular formula is C10H10O2S2. The molecule has 0 spiro atoms. The molecule has 0 aliphatic carbocycles. The monoisotopic (exact) mass is 226 g/mol. The molecule has 0 aliphatic heterocycles. The van der Waals surface area contributed by atoms with Gasteiger partial charge in [0.2, 0.25) is 0 Å². The van der Waals surface area contributed by atoms with E-state index >= 15 is 0 Å².